The van der Waals surface area contributed by atoms with Crippen LogP contribution < -0.4 is 15.5 Å². The maximum Gasteiger partial charge on any atom is 0.191 e. The predicted molar refractivity (Wildman–Crippen MR) is 117 cm³/mol. The van der Waals surface area contributed by atoms with E-state index in [9.17, 15) is 0 Å². The molecule has 1 saturated heterocycles. The van der Waals surface area contributed by atoms with E-state index in [4.69, 9.17) is 0 Å². The van der Waals surface area contributed by atoms with E-state index in [0.29, 0.717) is 6.04 Å². The molecule has 5 heteroatoms. The molecule has 0 bridgehead atoms. The highest BCUT2D eigenvalue weighted by Crippen LogP contribution is 2.20. The number of nitrogens with zero attached hydrogens (tertiary/aromatic N) is 3. The minimum Gasteiger partial charge on any atom is -0.369 e. The molecule has 148 valence electrons. The van der Waals surface area contributed by atoms with E-state index in [1.54, 1.807) is 0 Å². The van der Waals surface area contributed by atoms with Gasteiger partial charge in [-0.1, -0.05) is 42.5 Å². The van der Waals surface area contributed by atoms with Gasteiger partial charge in [-0.15, -0.1) is 0 Å². The van der Waals surface area contributed by atoms with Crippen molar-refractivity contribution in [2.24, 2.45) is 4.99 Å². The zero-order chi connectivity index (χ0) is 19.2. The quantitative estimate of drug-likeness (QED) is 0.621. The van der Waals surface area contributed by atoms with Crippen molar-refractivity contribution in [3.8, 4) is 0 Å². The van der Waals surface area contributed by atoms with Gasteiger partial charge in [0, 0.05) is 58.0 Å². The van der Waals surface area contributed by atoms with Crippen molar-refractivity contribution >= 4 is 11.6 Å². The average Bonchev–Trinajstić information content (AvgIpc) is 3.22. The molecule has 2 aromatic carbocycles. The lowest BCUT2D eigenvalue weighted by Gasteiger charge is -2.29. The highest BCUT2D eigenvalue weighted by molar-refractivity contribution is 5.80. The summed E-state index contributed by atoms with van der Waals surface area (Å²) in [6, 6.07) is 19.9. The van der Waals surface area contributed by atoms with Crippen molar-refractivity contribution < 1.29 is 0 Å². The zero-order valence-electron chi connectivity index (χ0n) is 16.8. The fourth-order valence-corrected chi connectivity index (χ4v) is 4.22. The molecule has 0 saturated carbocycles. The second kappa shape index (κ2) is 9.11. The first kappa shape index (κ1) is 18.8. The number of nitrogens with one attached hydrogen (secondary N) is 2. The van der Waals surface area contributed by atoms with Crippen LogP contribution in [0.5, 0.6) is 0 Å². The summed E-state index contributed by atoms with van der Waals surface area (Å²) in [5, 5.41) is 7.10. The van der Waals surface area contributed by atoms with Crippen LogP contribution >= 0.6 is 0 Å². The molecular weight excluding hydrogens is 346 g/mol. The van der Waals surface area contributed by atoms with Crippen molar-refractivity contribution in [2.75, 3.05) is 44.7 Å². The topological polar surface area (TPSA) is 42.9 Å². The number of aliphatic imine (C=N–C) groups is 1. The standard InChI is InChI=1S/C23H31N5/c1-24-23(26-21-12-15-28(18-21)22-9-3-2-4-10-22)25-13-16-27-14-11-19-7-5-6-8-20(19)17-27/h2-10,21H,11-18H2,1H3,(H2,24,25,26). The molecule has 0 amide bonds. The van der Waals surface area contributed by atoms with E-state index in [1.165, 1.54) is 16.8 Å². The molecule has 28 heavy (non-hydrogen) atoms. The lowest BCUT2D eigenvalue weighted by molar-refractivity contribution is 0.258. The maximum atomic E-state index is 4.43. The number of para-hydroxylation sites is 1. The van der Waals surface area contributed by atoms with Gasteiger partial charge in [0.2, 0.25) is 0 Å². The molecule has 0 spiro atoms. The van der Waals surface area contributed by atoms with E-state index in [2.05, 4.69) is 80.0 Å². The van der Waals surface area contributed by atoms with Gasteiger partial charge in [0.15, 0.2) is 5.96 Å². The molecule has 0 aromatic heterocycles. The van der Waals surface area contributed by atoms with Crippen molar-refractivity contribution in [1.82, 2.24) is 15.5 Å². The molecular formula is C23H31N5. The van der Waals surface area contributed by atoms with Gasteiger partial charge in [0.25, 0.3) is 0 Å². The molecule has 0 radical (unpaired) electrons. The van der Waals surface area contributed by atoms with Crippen LogP contribution in [-0.2, 0) is 13.0 Å². The lowest BCUT2D eigenvalue weighted by Crippen LogP contribution is -2.47. The van der Waals surface area contributed by atoms with E-state index in [0.717, 1.165) is 58.1 Å². The predicted octanol–water partition coefficient (Wildman–Crippen LogP) is 2.49. The number of guanidine groups is 1. The summed E-state index contributed by atoms with van der Waals surface area (Å²) in [5.41, 5.74) is 4.29. The average molecular weight is 378 g/mol. The zero-order valence-corrected chi connectivity index (χ0v) is 16.8. The number of rotatable bonds is 5. The third-order valence-electron chi connectivity index (χ3n) is 5.80. The van der Waals surface area contributed by atoms with Gasteiger partial charge in [0.1, 0.15) is 0 Å². The normalized spacial score (nSPS) is 20.1. The largest absolute Gasteiger partial charge is 0.369 e. The Morgan fingerprint density at radius 1 is 1.04 bits per heavy atom. The summed E-state index contributed by atoms with van der Waals surface area (Å²) < 4.78 is 0. The summed E-state index contributed by atoms with van der Waals surface area (Å²) >= 11 is 0. The summed E-state index contributed by atoms with van der Waals surface area (Å²) in [6.07, 6.45) is 2.29. The summed E-state index contributed by atoms with van der Waals surface area (Å²) in [7, 11) is 1.86. The van der Waals surface area contributed by atoms with Crippen molar-refractivity contribution in [3.63, 3.8) is 0 Å². The molecule has 0 aliphatic carbocycles. The third kappa shape index (κ3) is 4.65. The molecule has 2 aromatic rings. The number of benzene rings is 2. The molecule has 1 fully saturated rings. The van der Waals surface area contributed by atoms with Crippen LogP contribution in [-0.4, -0.2) is 56.7 Å². The van der Waals surface area contributed by atoms with Gasteiger partial charge in [0.05, 0.1) is 0 Å². The summed E-state index contributed by atoms with van der Waals surface area (Å²) in [4.78, 5) is 9.39. The molecule has 2 heterocycles. The van der Waals surface area contributed by atoms with Gasteiger partial charge in [-0.2, -0.15) is 0 Å². The second-order valence-electron chi connectivity index (χ2n) is 7.71. The van der Waals surface area contributed by atoms with Gasteiger partial charge in [-0.25, -0.2) is 0 Å². The highest BCUT2D eigenvalue weighted by atomic mass is 15.3. The Kier molecular flexibility index (Phi) is 6.12. The fraction of sp³-hybridized carbons (Fsp3) is 0.435. The first-order chi connectivity index (χ1) is 13.8. The molecule has 2 aliphatic heterocycles. The smallest absolute Gasteiger partial charge is 0.191 e. The van der Waals surface area contributed by atoms with Gasteiger partial charge in [-0.3, -0.25) is 9.89 Å². The fourth-order valence-electron chi connectivity index (χ4n) is 4.22. The number of fused-ring (bicyclic) bond motifs is 1. The first-order valence-electron chi connectivity index (χ1n) is 10.4. The van der Waals surface area contributed by atoms with Crippen LogP contribution in [0.2, 0.25) is 0 Å². The molecule has 5 nitrogen and oxygen atoms in total. The number of hydrogen-bond donors (Lipinski definition) is 2. The van der Waals surface area contributed by atoms with E-state index < -0.39 is 0 Å². The third-order valence-corrected chi connectivity index (χ3v) is 5.80. The number of anilines is 1. The van der Waals surface area contributed by atoms with Crippen molar-refractivity contribution in [1.29, 1.82) is 0 Å². The Morgan fingerprint density at radius 2 is 1.82 bits per heavy atom. The Balaban J connectivity index is 1.21. The molecule has 1 unspecified atom stereocenters. The second-order valence-corrected chi connectivity index (χ2v) is 7.71. The molecule has 2 N–H and O–H groups in total. The van der Waals surface area contributed by atoms with Crippen LogP contribution in [0.15, 0.2) is 59.6 Å². The number of hydrogen-bond acceptors (Lipinski definition) is 3. The Morgan fingerprint density at radius 3 is 2.64 bits per heavy atom. The molecule has 4 rings (SSSR count). The van der Waals surface area contributed by atoms with Crippen LogP contribution in [0.4, 0.5) is 5.69 Å². The highest BCUT2D eigenvalue weighted by Gasteiger charge is 2.23. The minimum absolute atomic E-state index is 0.438. The van der Waals surface area contributed by atoms with Gasteiger partial charge >= 0.3 is 0 Å². The van der Waals surface area contributed by atoms with Crippen molar-refractivity contribution in [3.05, 3.63) is 65.7 Å². The lowest BCUT2D eigenvalue weighted by atomic mass is 10.00. The van der Waals surface area contributed by atoms with E-state index in [1.807, 2.05) is 7.05 Å². The van der Waals surface area contributed by atoms with Crippen LogP contribution in [0.3, 0.4) is 0 Å². The Hall–Kier alpha value is -2.53. The first-order valence-corrected chi connectivity index (χ1v) is 10.4. The monoisotopic (exact) mass is 377 g/mol. The van der Waals surface area contributed by atoms with E-state index >= 15 is 0 Å². The SMILES string of the molecule is CN=C(NCCN1CCc2ccccc2C1)NC1CCN(c2ccccc2)C1. The molecule has 1 atom stereocenters. The van der Waals surface area contributed by atoms with Crippen LogP contribution in [0.1, 0.15) is 17.5 Å². The van der Waals surface area contributed by atoms with Crippen LogP contribution in [0, 0.1) is 0 Å². The minimum atomic E-state index is 0.438. The Bertz CT molecular complexity index is 789. The van der Waals surface area contributed by atoms with Gasteiger partial charge in [-0.05, 0) is 36.1 Å². The van der Waals surface area contributed by atoms with Crippen molar-refractivity contribution in [2.45, 2.75) is 25.4 Å². The van der Waals surface area contributed by atoms with E-state index in [-0.39, 0.29) is 0 Å². The molecule has 2 aliphatic rings. The summed E-state index contributed by atoms with van der Waals surface area (Å²) in [5.74, 6) is 0.914. The maximum absolute atomic E-state index is 4.43. The summed E-state index contributed by atoms with van der Waals surface area (Å²) in [6.45, 7) is 6.25. The Labute approximate surface area is 168 Å². The van der Waals surface area contributed by atoms with Crippen LogP contribution in [0.25, 0.3) is 0 Å². The van der Waals surface area contributed by atoms with Gasteiger partial charge < -0.3 is 15.5 Å².